The van der Waals surface area contributed by atoms with Gasteiger partial charge in [-0.3, -0.25) is 0 Å². The minimum atomic E-state index is 0.392. The van der Waals surface area contributed by atoms with Crippen LogP contribution >= 0.6 is 0 Å². The van der Waals surface area contributed by atoms with E-state index in [1.165, 1.54) is 5.56 Å². The Kier molecular flexibility index (Phi) is 5.92. The van der Waals surface area contributed by atoms with Crippen LogP contribution in [0.3, 0.4) is 0 Å². The van der Waals surface area contributed by atoms with Crippen molar-refractivity contribution in [3.8, 4) is 0 Å². The summed E-state index contributed by atoms with van der Waals surface area (Å²) in [6.07, 6.45) is 4.35. The fourth-order valence-electron chi connectivity index (χ4n) is 2.96. The normalized spacial score (nSPS) is 18.1. The van der Waals surface area contributed by atoms with Crippen molar-refractivity contribution in [3.63, 3.8) is 0 Å². The Balaban J connectivity index is 2.26. The molecule has 2 rings (SSSR count). The second-order valence-electron chi connectivity index (χ2n) is 5.62. The van der Waals surface area contributed by atoms with Gasteiger partial charge in [-0.15, -0.1) is 0 Å². The molecule has 20 heavy (non-hydrogen) atoms. The third kappa shape index (κ3) is 3.76. The minimum absolute atomic E-state index is 0.392. The molecule has 1 unspecified atom stereocenters. The number of hydrogen-bond acceptors (Lipinski definition) is 4. The Morgan fingerprint density at radius 2 is 2.05 bits per heavy atom. The van der Waals surface area contributed by atoms with Crippen LogP contribution in [0.1, 0.15) is 56.1 Å². The highest BCUT2D eigenvalue weighted by atomic mass is 16.5. The summed E-state index contributed by atoms with van der Waals surface area (Å²) in [5.74, 6) is 0.643. The zero-order valence-electron chi connectivity index (χ0n) is 13.0. The van der Waals surface area contributed by atoms with Gasteiger partial charge in [-0.05, 0) is 56.7 Å². The van der Waals surface area contributed by atoms with Crippen LogP contribution in [0, 0.1) is 12.8 Å². The molecule has 0 radical (unpaired) electrons. The largest absolute Gasteiger partial charge is 0.381 e. The van der Waals surface area contributed by atoms with E-state index in [4.69, 9.17) is 4.74 Å². The number of nitrogens with zero attached hydrogens (tertiary/aromatic N) is 2. The third-order valence-corrected chi connectivity index (χ3v) is 4.05. The molecule has 1 fully saturated rings. The van der Waals surface area contributed by atoms with Crippen molar-refractivity contribution in [1.82, 2.24) is 15.5 Å². The van der Waals surface area contributed by atoms with Gasteiger partial charge in [0.05, 0.1) is 11.4 Å². The highest BCUT2D eigenvalue weighted by Gasteiger charge is 2.27. The van der Waals surface area contributed by atoms with E-state index in [1.54, 1.807) is 0 Å². The molecule has 1 aliphatic heterocycles. The molecule has 1 aromatic rings. The highest BCUT2D eigenvalue weighted by Crippen LogP contribution is 2.31. The van der Waals surface area contributed by atoms with Crippen molar-refractivity contribution in [2.45, 2.75) is 52.5 Å². The smallest absolute Gasteiger partial charge is 0.0676 e. The number of aryl methyl sites for hydroxylation is 2. The van der Waals surface area contributed by atoms with Gasteiger partial charge < -0.3 is 10.1 Å². The molecule has 0 amide bonds. The number of rotatable bonds is 6. The highest BCUT2D eigenvalue weighted by molar-refractivity contribution is 5.25. The van der Waals surface area contributed by atoms with Crippen LogP contribution in [0.4, 0.5) is 0 Å². The lowest BCUT2D eigenvalue weighted by molar-refractivity contribution is 0.0534. The van der Waals surface area contributed by atoms with E-state index < -0.39 is 0 Å². The van der Waals surface area contributed by atoms with Crippen LogP contribution < -0.4 is 5.32 Å². The topological polar surface area (TPSA) is 47.0 Å². The summed E-state index contributed by atoms with van der Waals surface area (Å²) in [6, 6.07) is 2.61. The first kappa shape index (κ1) is 15.4. The van der Waals surface area contributed by atoms with Gasteiger partial charge in [0, 0.05) is 19.3 Å². The van der Waals surface area contributed by atoms with Gasteiger partial charge in [-0.25, -0.2) is 0 Å². The van der Waals surface area contributed by atoms with E-state index in [0.29, 0.717) is 12.0 Å². The second kappa shape index (κ2) is 7.70. The third-order valence-electron chi connectivity index (χ3n) is 4.05. The van der Waals surface area contributed by atoms with Gasteiger partial charge in [0.25, 0.3) is 0 Å². The van der Waals surface area contributed by atoms with Gasteiger partial charge in [0.2, 0.25) is 0 Å². The summed E-state index contributed by atoms with van der Waals surface area (Å²) >= 11 is 0. The van der Waals surface area contributed by atoms with Gasteiger partial charge in [0.1, 0.15) is 0 Å². The molecular weight excluding hydrogens is 250 g/mol. The molecule has 0 spiro atoms. The molecule has 1 atom stereocenters. The lowest BCUT2D eigenvalue weighted by atomic mass is 9.86. The number of ether oxygens (including phenoxy) is 1. The van der Waals surface area contributed by atoms with E-state index in [2.05, 4.69) is 35.4 Å². The Hall–Kier alpha value is -1.00. The molecule has 1 aliphatic rings. The van der Waals surface area contributed by atoms with Crippen LogP contribution in [0.15, 0.2) is 6.07 Å². The molecular formula is C16H27N3O. The Morgan fingerprint density at radius 1 is 1.30 bits per heavy atom. The SMILES string of the molecule is CCCNC(c1cc(C)nnc1CC)C1CCOCC1. The van der Waals surface area contributed by atoms with Crippen molar-refractivity contribution >= 4 is 0 Å². The first-order valence-corrected chi connectivity index (χ1v) is 7.90. The number of nitrogens with one attached hydrogen (secondary N) is 1. The van der Waals surface area contributed by atoms with Crippen LogP contribution in [0.5, 0.6) is 0 Å². The van der Waals surface area contributed by atoms with Crippen molar-refractivity contribution in [2.75, 3.05) is 19.8 Å². The fourth-order valence-corrected chi connectivity index (χ4v) is 2.96. The molecule has 1 N–H and O–H groups in total. The van der Waals surface area contributed by atoms with E-state index in [0.717, 1.165) is 56.8 Å². The number of aromatic nitrogens is 2. The van der Waals surface area contributed by atoms with E-state index in [9.17, 15) is 0 Å². The maximum Gasteiger partial charge on any atom is 0.0676 e. The second-order valence-corrected chi connectivity index (χ2v) is 5.62. The molecule has 0 saturated carbocycles. The van der Waals surface area contributed by atoms with Crippen LogP contribution in [0.2, 0.25) is 0 Å². The van der Waals surface area contributed by atoms with Crippen molar-refractivity contribution in [3.05, 3.63) is 23.0 Å². The summed E-state index contributed by atoms with van der Waals surface area (Å²) in [5.41, 5.74) is 3.49. The van der Waals surface area contributed by atoms with Gasteiger partial charge in [0.15, 0.2) is 0 Å². The van der Waals surface area contributed by atoms with Crippen LogP contribution in [0.25, 0.3) is 0 Å². The average Bonchev–Trinajstić information content (AvgIpc) is 2.49. The monoisotopic (exact) mass is 277 g/mol. The predicted octanol–water partition coefficient (Wildman–Crippen LogP) is 2.81. The van der Waals surface area contributed by atoms with Crippen LogP contribution in [-0.4, -0.2) is 30.0 Å². The van der Waals surface area contributed by atoms with Gasteiger partial charge >= 0.3 is 0 Å². The maximum atomic E-state index is 5.51. The van der Waals surface area contributed by atoms with E-state index in [-0.39, 0.29) is 0 Å². The molecule has 1 aromatic heterocycles. The summed E-state index contributed by atoms with van der Waals surface area (Å²) in [6.45, 7) is 9.21. The quantitative estimate of drug-likeness (QED) is 0.868. The van der Waals surface area contributed by atoms with Crippen LogP contribution in [-0.2, 0) is 11.2 Å². The average molecular weight is 277 g/mol. The lowest BCUT2D eigenvalue weighted by Gasteiger charge is -2.32. The van der Waals surface area contributed by atoms with Crippen molar-refractivity contribution < 1.29 is 4.74 Å². The molecule has 0 aliphatic carbocycles. The first-order chi connectivity index (χ1) is 9.76. The fraction of sp³-hybridized carbons (Fsp3) is 0.750. The summed E-state index contributed by atoms with van der Waals surface area (Å²) < 4.78 is 5.51. The van der Waals surface area contributed by atoms with E-state index in [1.807, 2.05) is 6.92 Å². The summed E-state index contributed by atoms with van der Waals surface area (Å²) in [4.78, 5) is 0. The minimum Gasteiger partial charge on any atom is -0.381 e. The first-order valence-electron chi connectivity index (χ1n) is 7.90. The molecule has 4 nitrogen and oxygen atoms in total. The number of hydrogen-bond donors (Lipinski definition) is 1. The maximum absolute atomic E-state index is 5.51. The van der Waals surface area contributed by atoms with Gasteiger partial charge in [-0.1, -0.05) is 13.8 Å². The summed E-state index contributed by atoms with van der Waals surface area (Å²) in [7, 11) is 0. The Labute approximate surface area is 122 Å². The predicted molar refractivity (Wildman–Crippen MR) is 80.7 cm³/mol. The molecule has 112 valence electrons. The molecule has 1 saturated heterocycles. The van der Waals surface area contributed by atoms with Crippen molar-refractivity contribution in [2.24, 2.45) is 5.92 Å². The zero-order valence-corrected chi connectivity index (χ0v) is 13.0. The standard InChI is InChI=1S/C16H27N3O/c1-4-8-17-16(13-6-9-20-10-7-13)14-11-12(3)18-19-15(14)5-2/h11,13,16-17H,4-10H2,1-3H3. The Morgan fingerprint density at radius 3 is 2.70 bits per heavy atom. The zero-order chi connectivity index (χ0) is 14.4. The summed E-state index contributed by atoms with van der Waals surface area (Å²) in [5, 5.41) is 12.3. The van der Waals surface area contributed by atoms with E-state index >= 15 is 0 Å². The van der Waals surface area contributed by atoms with Gasteiger partial charge in [-0.2, -0.15) is 10.2 Å². The lowest BCUT2D eigenvalue weighted by Crippen LogP contribution is -2.33. The van der Waals surface area contributed by atoms with Crippen molar-refractivity contribution in [1.29, 1.82) is 0 Å². The molecule has 2 heterocycles. The molecule has 4 heteroatoms. The Bertz CT molecular complexity index is 416. The molecule has 0 aromatic carbocycles. The molecule has 0 bridgehead atoms.